The lowest BCUT2D eigenvalue weighted by atomic mass is 9.83. The van der Waals surface area contributed by atoms with Crippen molar-refractivity contribution in [2.45, 2.75) is 40.2 Å². The maximum atomic E-state index is 11.9. The summed E-state index contributed by atoms with van der Waals surface area (Å²) in [7, 11) is 0. The summed E-state index contributed by atoms with van der Waals surface area (Å²) in [5.74, 6) is 1.32. The van der Waals surface area contributed by atoms with Gasteiger partial charge in [-0.15, -0.1) is 0 Å². The van der Waals surface area contributed by atoms with Crippen molar-refractivity contribution >= 4 is 22.7 Å². The zero-order valence-corrected chi connectivity index (χ0v) is 17.1. The Morgan fingerprint density at radius 1 is 1.14 bits per heavy atom. The molecule has 0 spiro atoms. The standard InChI is InChI=1S/C23H25N3O3/c1-5-18-14(4)22(27)26-25-21(18)16-8-11-19-20(12-16)29-23(24-19)15-6-9-17(10-7-15)28-13(2)3/h6-14,18H,5H2,1-4H3,(H,26,27)/t14-,18+/m1/s1. The molecule has 2 atom stereocenters. The Morgan fingerprint density at radius 2 is 1.86 bits per heavy atom. The number of oxazole rings is 1. The molecule has 6 heteroatoms. The van der Waals surface area contributed by atoms with Crippen molar-refractivity contribution in [3.63, 3.8) is 0 Å². The van der Waals surface area contributed by atoms with E-state index in [0.717, 1.165) is 34.5 Å². The van der Waals surface area contributed by atoms with E-state index >= 15 is 0 Å². The van der Waals surface area contributed by atoms with E-state index in [2.05, 4.69) is 22.4 Å². The van der Waals surface area contributed by atoms with E-state index in [1.807, 2.05) is 63.2 Å². The highest BCUT2D eigenvalue weighted by Crippen LogP contribution is 2.30. The molecule has 0 fully saturated rings. The van der Waals surface area contributed by atoms with Crippen LogP contribution in [0.15, 0.2) is 52.0 Å². The fraction of sp³-hybridized carbons (Fsp3) is 0.348. The fourth-order valence-corrected chi connectivity index (χ4v) is 3.70. The second-order valence-corrected chi connectivity index (χ2v) is 7.67. The minimum atomic E-state index is -0.111. The minimum Gasteiger partial charge on any atom is -0.491 e. The second-order valence-electron chi connectivity index (χ2n) is 7.67. The van der Waals surface area contributed by atoms with Crippen molar-refractivity contribution in [2.24, 2.45) is 16.9 Å². The van der Waals surface area contributed by atoms with Crippen molar-refractivity contribution in [3.8, 4) is 17.2 Å². The average molecular weight is 391 g/mol. The maximum Gasteiger partial charge on any atom is 0.243 e. The van der Waals surface area contributed by atoms with Gasteiger partial charge < -0.3 is 9.15 Å². The average Bonchev–Trinajstić information content (AvgIpc) is 3.13. The third-order valence-electron chi connectivity index (χ3n) is 5.25. The third kappa shape index (κ3) is 3.75. The molecule has 1 amide bonds. The number of carbonyl (C=O) groups excluding carboxylic acids is 1. The van der Waals surface area contributed by atoms with E-state index in [0.29, 0.717) is 11.5 Å². The molecular formula is C23H25N3O3. The highest BCUT2D eigenvalue weighted by molar-refractivity contribution is 6.07. The van der Waals surface area contributed by atoms with Crippen molar-refractivity contribution in [1.82, 2.24) is 10.4 Å². The van der Waals surface area contributed by atoms with Crippen molar-refractivity contribution < 1.29 is 13.9 Å². The summed E-state index contributed by atoms with van der Waals surface area (Å²) >= 11 is 0. The van der Waals surface area contributed by atoms with E-state index in [1.54, 1.807) is 0 Å². The summed E-state index contributed by atoms with van der Waals surface area (Å²) in [6, 6.07) is 13.6. The van der Waals surface area contributed by atoms with Gasteiger partial charge in [0, 0.05) is 23.0 Å². The first-order valence-electron chi connectivity index (χ1n) is 10.0. The lowest BCUT2D eigenvalue weighted by Crippen LogP contribution is -2.40. The maximum absolute atomic E-state index is 11.9. The molecule has 1 aliphatic rings. The van der Waals surface area contributed by atoms with Crippen LogP contribution in [0, 0.1) is 11.8 Å². The number of nitrogens with zero attached hydrogens (tertiary/aromatic N) is 2. The molecule has 0 saturated heterocycles. The van der Waals surface area contributed by atoms with Gasteiger partial charge in [0.15, 0.2) is 5.58 Å². The number of rotatable bonds is 5. The van der Waals surface area contributed by atoms with Crippen molar-refractivity contribution in [2.75, 3.05) is 0 Å². The predicted octanol–water partition coefficient (Wildman–Crippen LogP) is 4.78. The fourth-order valence-electron chi connectivity index (χ4n) is 3.70. The number of hydrazone groups is 1. The molecule has 1 aliphatic heterocycles. The molecule has 0 radical (unpaired) electrons. The van der Waals surface area contributed by atoms with Crippen molar-refractivity contribution in [3.05, 3.63) is 48.0 Å². The number of nitrogens with one attached hydrogen (secondary N) is 1. The number of amides is 1. The molecule has 0 saturated carbocycles. The van der Waals surface area contributed by atoms with Gasteiger partial charge in [0.2, 0.25) is 11.8 Å². The van der Waals surface area contributed by atoms with Gasteiger partial charge in [-0.1, -0.05) is 19.9 Å². The smallest absolute Gasteiger partial charge is 0.243 e. The van der Waals surface area contributed by atoms with Crippen LogP contribution in [0.2, 0.25) is 0 Å². The van der Waals surface area contributed by atoms with E-state index in [-0.39, 0.29) is 23.8 Å². The topological polar surface area (TPSA) is 76.7 Å². The van der Waals surface area contributed by atoms with Crippen LogP contribution in [0.5, 0.6) is 5.75 Å². The molecule has 1 aromatic heterocycles. The SMILES string of the molecule is CC[C@@H]1C(c2ccc3nc(-c4ccc(OC(C)C)cc4)oc3c2)=NNC(=O)[C@@H]1C. The molecule has 6 nitrogen and oxygen atoms in total. The lowest BCUT2D eigenvalue weighted by molar-refractivity contribution is -0.125. The van der Waals surface area contributed by atoms with Crippen molar-refractivity contribution in [1.29, 1.82) is 0 Å². The largest absolute Gasteiger partial charge is 0.491 e. The number of hydrogen-bond acceptors (Lipinski definition) is 5. The number of benzene rings is 2. The van der Waals surface area contributed by atoms with Crippen LogP contribution >= 0.6 is 0 Å². The monoisotopic (exact) mass is 391 g/mol. The van der Waals surface area contributed by atoms with Crippen LogP contribution in [0.1, 0.15) is 39.7 Å². The highest BCUT2D eigenvalue weighted by atomic mass is 16.5. The summed E-state index contributed by atoms with van der Waals surface area (Å²) in [5, 5.41) is 4.33. The van der Waals surface area contributed by atoms with Gasteiger partial charge in [-0.25, -0.2) is 10.4 Å². The van der Waals surface area contributed by atoms with Crippen LogP contribution in [-0.4, -0.2) is 22.7 Å². The highest BCUT2D eigenvalue weighted by Gasteiger charge is 2.31. The van der Waals surface area contributed by atoms with Crippen LogP contribution in [-0.2, 0) is 4.79 Å². The van der Waals surface area contributed by atoms with Gasteiger partial charge in [-0.05, 0) is 56.7 Å². The summed E-state index contributed by atoms with van der Waals surface area (Å²) in [4.78, 5) is 16.5. The van der Waals surface area contributed by atoms with Gasteiger partial charge in [0.05, 0.1) is 11.8 Å². The molecule has 1 N–H and O–H groups in total. The molecule has 0 aliphatic carbocycles. The Labute approximate surface area is 170 Å². The Kier molecular flexibility index (Phi) is 5.09. The van der Waals surface area contributed by atoms with Crippen LogP contribution < -0.4 is 10.2 Å². The molecule has 2 heterocycles. The molecule has 29 heavy (non-hydrogen) atoms. The zero-order chi connectivity index (χ0) is 20.5. The Bertz CT molecular complexity index is 1070. The molecule has 0 bridgehead atoms. The van der Waals surface area contributed by atoms with Crippen LogP contribution in [0.25, 0.3) is 22.6 Å². The lowest BCUT2D eigenvalue weighted by Gasteiger charge is -2.27. The Morgan fingerprint density at radius 3 is 2.55 bits per heavy atom. The first-order chi connectivity index (χ1) is 14.0. The first kappa shape index (κ1) is 19.2. The van der Waals surface area contributed by atoms with Gasteiger partial charge in [0.25, 0.3) is 0 Å². The minimum absolute atomic E-state index is 0.0338. The molecular weight excluding hydrogens is 366 g/mol. The predicted molar refractivity (Wildman–Crippen MR) is 113 cm³/mol. The van der Waals surface area contributed by atoms with E-state index < -0.39 is 0 Å². The number of fused-ring (bicyclic) bond motifs is 1. The molecule has 2 aromatic carbocycles. The number of carbonyl (C=O) groups is 1. The number of hydrogen-bond donors (Lipinski definition) is 1. The second kappa shape index (κ2) is 7.70. The Hall–Kier alpha value is -3.15. The van der Waals surface area contributed by atoms with Gasteiger partial charge in [-0.3, -0.25) is 4.79 Å². The van der Waals surface area contributed by atoms with Gasteiger partial charge in [-0.2, -0.15) is 5.10 Å². The van der Waals surface area contributed by atoms with E-state index in [4.69, 9.17) is 9.15 Å². The van der Waals surface area contributed by atoms with Gasteiger partial charge >= 0.3 is 0 Å². The number of aromatic nitrogens is 1. The number of ether oxygens (including phenoxy) is 1. The molecule has 4 rings (SSSR count). The molecule has 150 valence electrons. The molecule has 3 aromatic rings. The first-order valence-corrected chi connectivity index (χ1v) is 10.0. The van der Waals surface area contributed by atoms with Crippen LogP contribution in [0.3, 0.4) is 0 Å². The van der Waals surface area contributed by atoms with E-state index in [1.165, 1.54) is 0 Å². The molecule has 0 unspecified atom stereocenters. The summed E-state index contributed by atoms with van der Waals surface area (Å²) < 4.78 is 11.7. The zero-order valence-electron chi connectivity index (χ0n) is 17.1. The van der Waals surface area contributed by atoms with E-state index in [9.17, 15) is 4.79 Å². The van der Waals surface area contributed by atoms with Gasteiger partial charge in [0.1, 0.15) is 11.3 Å². The quantitative estimate of drug-likeness (QED) is 0.679. The Balaban J connectivity index is 1.65. The summed E-state index contributed by atoms with van der Waals surface area (Å²) in [6.45, 7) is 8.01. The van der Waals surface area contributed by atoms with Crippen LogP contribution in [0.4, 0.5) is 0 Å². The normalized spacial score (nSPS) is 19.3. The third-order valence-corrected chi connectivity index (χ3v) is 5.25. The summed E-state index contributed by atoms with van der Waals surface area (Å²) in [5.41, 5.74) is 6.83. The summed E-state index contributed by atoms with van der Waals surface area (Å²) in [6.07, 6.45) is 0.975.